The number of aromatic carboxylic acids is 1. The molecule has 1 saturated heterocycles. The maximum Gasteiger partial charge on any atom is 0.335 e. The number of carbonyl (C=O) groups excluding carboxylic acids is 2. The summed E-state index contributed by atoms with van der Waals surface area (Å²) in [5.74, 6) is -1.08. The van der Waals surface area contributed by atoms with Crippen LogP contribution in [-0.2, 0) is 7.05 Å². The number of piperidine rings is 1. The van der Waals surface area contributed by atoms with Crippen LogP contribution in [0.5, 0.6) is 0 Å². The third kappa shape index (κ3) is 4.01. The van der Waals surface area contributed by atoms with Crippen molar-refractivity contribution in [3.8, 4) is 0 Å². The summed E-state index contributed by atoms with van der Waals surface area (Å²) in [6.07, 6.45) is 2.91. The lowest BCUT2D eigenvalue weighted by Crippen LogP contribution is -2.46. The van der Waals surface area contributed by atoms with Crippen LogP contribution in [0, 0.1) is 5.92 Å². The number of carboxylic acids is 1. The number of urea groups is 1. The van der Waals surface area contributed by atoms with Crippen molar-refractivity contribution in [1.82, 2.24) is 14.5 Å². The molecule has 1 aliphatic rings. The first-order valence-corrected chi connectivity index (χ1v) is 10.2. The number of carboxylic acid groups (broad SMARTS) is 1. The Hall–Kier alpha value is -3.68. The van der Waals surface area contributed by atoms with Gasteiger partial charge in [0.15, 0.2) is 5.78 Å². The summed E-state index contributed by atoms with van der Waals surface area (Å²) in [4.78, 5) is 44.5. The zero-order valence-electron chi connectivity index (χ0n) is 17.5. The van der Waals surface area contributed by atoms with E-state index in [2.05, 4.69) is 4.98 Å². The predicted octanol–water partition coefficient (Wildman–Crippen LogP) is 3.42. The van der Waals surface area contributed by atoms with Crippen molar-refractivity contribution in [3.63, 3.8) is 0 Å². The number of rotatable bonds is 4. The summed E-state index contributed by atoms with van der Waals surface area (Å²) < 4.78 is 1.91. The summed E-state index contributed by atoms with van der Waals surface area (Å²) in [6, 6.07) is 11.7. The molecule has 8 nitrogen and oxygen atoms in total. The molecule has 0 bridgehead atoms. The molecular formula is C23H24N4O4. The van der Waals surface area contributed by atoms with Gasteiger partial charge in [-0.1, -0.05) is 6.07 Å². The first-order valence-electron chi connectivity index (χ1n) is 10.2. The number of nitrogens with zero attached hydrogens (tertiary/aromatic N) is 4. The summed E-state index contributed by atoms with van der Waals surface area (Å²) in [5.41, 5.74) is 3.08. The SMILES string of the molecule is CN(C(=O)N1CCC(C(=O)c2ccc3c(c2)ncn3C)CC1)c1cccc(C(=O)O)c1. The van der Waals surface area contributed by atoms with Crippen molar-refractivity contribution in [2.45, 2.75) is 12.8 Å². The minimum absolute atomic E-state index is 0.0853. The monoisotopic (exact) mass is 420 g/mol. The molecule has 2 aromatic carbocycles. The number of hydrogen-bond acceptors (Lipinski definition) is 4. The number of fused-ring (bicyclic) bond motifs is 1. The lowest BCUT2D eigenvalue weighted by atomic mass is 9.89. The largest absolute Gasteiger partial charge is 0.478 e. The second-order valence-electron chi connectivity index (χ2n) is 7.88. The van der Waals surface area contributed by atoms with Gasteiger partial charge in [-0.25, -0.2) is 14.6 Å². The second-order valence-corrected chi connectivity index (χ2v) is 7.88. The van der Waals surface area contributed by atoms with E-state index in [-0.39, 0.29) is 23.3 Å². The zero-order chi connectivity index (χ0) is 22.1. The maximum atomic E-state index is 13.0. The highest BCUT2D eigenvalue weighted by atomic mass is 16.4. The van der Waals surface area contributed by atoms with Gasteiger partial charge in [-0.3, -0.25) is 9.69 Å². The molecule has 0 aliphatic carbocycles. The molecule has 1 aliphatic heterocycles. The molecule has 8 heteroatoms. The normalized spacial score (nSPS) is 14.6. The van der Waals surface area contributed by atoms with Crippen LogP contribution in [0.4, 0.5) is 10.5 Å². The van der Waals surface area contributed by atoms with Gasteiger partial charge in [-0.15, -0.1) is 0 Å². The molecule has 3 aromatic rings. The molecule has 1 fully saturated rings. The van der Waals surface area contributed by atoms with Crippen molar-refractivity contribution in [3.05, 3.63) is 59.9 Å². The predicted molar refractivity (Wildman–Crippen MR) is 117 cm³/mol. The summed E-state index contributed by atoms with van der Waals surface area (Å²) in [7, 11) is 3.54. The number of likely N-dealkylation sites (tertiary alicyclic amines) is 1. The van der Waals surface area contributed by atoms with E-state index in [1.54, 1.807) is 30.4 Å². The molecule has 0 atom stereocenters. The Balaban J connectivity index is 1.40. The van der Waals surface area contributed by atoms with Crippen LogP contribution in [0.1, 0.15) is 33.6 Å². The summed E-state index contributed by atoms with van der Waals surface area (Å²) in [5, 5.41) is 9.16. The molecule has 0 radical (unpaired) electrons. The topological polar surface area (TPSA) is 95.7 Å². The number of benzene rings is 2. The highest BCUT2D eigenvalue weighted by molar-refractivity contribution is 6.00. The van der Waals surface area contributed by atoms with E-state index in [0.717, 1.165) is 11.0 Å². The number of carbonyl (C=O) groups is 3. The van der Waals surface area contributed by atoms with Crippen LogP contribution in [-0.4, -0.2) is 57.5 Å². The third-order valence-corrected chi connectivity index (χ3v) is 5.91. The van der Waals surface area contributed by atoms with E-state index < -0.39 is 5.97 Å². The van der Waals surface area contributed by atoms with E-state index in [1.807, 2.05) is 29.8 Å². The van der Waals surface area contributed by atoms with Crippen LogP contribution in [0.15, 0.2) is 48.8 Å². The molecule has 2 amide bonds. The molecule has 0 saturated carbocycles. The van der Waals surface area contributed by atoms with E-state index in [4.69, 9.17) is 5.11 Å². The molecule has 0 spiro atoms. The smallest absolute Gasteiger partial charge is 0.335 e. The zero-order valence-corrected chi connectivity index (χ0v) is 17.5. The van der Waals surface area contributed by atoms with Gasteiger partial charge in [-0.2, -0.15) is 0 Å². The molecule has 0 unspecified atom stereocenters. The first kappa shape index (κ1) is 20.6. The Kier molecular flexibility index (Phi) is 5.46. The minimum Gasteiger partial charge on any atom is -0.478 e. The second kappa shape index (κ2) is 8.22. The van der Waals surface area contributed by atoms with Gasteiger partial charge in [0.05, 0.1) is 22.9 Å². The Bertz CT molecular complexity index is 1160. The number of ketones is 1. The Morgan fingerprint density at radius 3 is 2.52 bits per heavy atom. The number of Topliss-reactive ketones (excluding diaryl/α,β-unsaturated/α-hetero) is 1. The van der Waals surface area contributed by atoms with Gasteiger partial charge in [0.25, 0.3) is 0 Å². The van der Waals surface area contributed by atoms with Crippen molar-refractivity contribution >= 4 is 34.5 Å². The van der Waals surface area contributed by atoms with Gasteiger partial charge in [0, 0.05) is 44.4 Å². The van der Waals surface area contributed by atoms with Gasteiger partial charge in [0.1, 0.15) is 0 Å². The van der Waals surface area contributed by atoms with Crippen LogP contribution in [0.25, 0.3) is 11.0 Å². The van der Waals surface area contributed by atoms with Crippen LogP contribution in [0.2, 0.25) is 0 Å². The van der Waals surface area contributed by atoms with E-state index >= 15 is 0 Å². The molecule has 2 heterocycles. The van der Waals surface area contributed by atoms with Crippen LogP contribution < -0.4 is 4.90 Å². The van der Waals surface area contributed by atoms with Crippen molar-refractivity contribution < 1.29 is 19.5 Å². The molecule has 4 rings (SSSR count). The first-order chi connectivity index (χ1) is 14.8. The number of aryl methyl sites for hydroxylation is 1. The molecule has 160 valence electrons. The number of imidazole rings is 1. The Morgan fingerprint density at radius 2 is 1.81 bits per heavy atom. The fourth-order valence-corrected chi connectivity index (χ4v) is 4.03. The lowest BCUT2D eigenvalue weighted by Gasteiger charge is -2.34. The Labute approximate surface area is 179 Å². The maximum absolute atomic E-state index is 13.0. The van der Waals surface area contributed by atoms with Crippen molar-refractivity contribution in [2.24, 2.45) is 13.0 Å². The molecule has 31 heavy (non-hydrogen) atoms. The van der Waals surface area contributed by atoms with Crippen LogP contribution >= 0.6 is 0 Å². The van der Waals surface area contributed by atoms with Gasteiger partial charge in [0.2, 0.25) is 0 Å². The average molecular weight is 420 g/mol. The fraction of sp³-hybridized carbons (Fsp3) is 0.304. The summed E-state index contributed by atoms with van der Waals surface area (Å²) >= 11 is 0. The quantitative estimate of drug-likeness (QED) is 0.653. The van der Waals surface area contributed by atoms with E-state index in [9.17, 15) is 14.4 Å². The molecule has 1 aromatic heterocycles. The lowest BCUT2D eigenvalue weighted by molar-refractivity contribution is 0.0696. The Morgan fingerprint density at radius 1 is 1.06 bits per heavy atom. The highest BCUT2D eigenvalue weighted by Gasteiger charge is 2.30. The minimum atomic E-state index is -1.04. The van der Waals surface area contributed by atoms with Crippen molar-refractivity contribution in [2.75, 3.05) is 25.0 Å². The van der Waals surface area contributed by atoms with Crippen LogP contribution in [0.3, 0.4) is 0 Å². The highest BCUT2D eigenvalue weighted by Crippen LogP contribution is 2.25. The number of anilines is 1. The molecular weight excluding hydrogens is 396 g/mol. The summed E-state index contributed by atoms with van der Waals surface area (Å²) in [6.45, 7) is 0.952. The van der Waals surface area contributed by atoms with Crippen molar-refractivity contribution in [1.29, 1.82) is 0 Å². The standard InChI is InChI=1S/C23H24N4O4/c1-25-14-24-19-13-16(6-7-20(19)25)21(28)15-8-10-27(11-9-15)23(31)26(2)18-5-3-4-17(12-18)22(29)30/h3-7,12-15H,8-11H2,1-2H3,(H,29,30). The number of aromatic nitrogens is 2. The average Bonchev–Trinajstić information content (AvgIpc) is 3.17. The van der Waals surface area contributed by atoms with E-state index in [0.29, 0.717) is 37.2 Å². The van der Waals surface area contributed by atoms with Gasteiger partial charge < -0.3 is 14.6 Å². The fourth-order valence-electron chi connectivity index (χ4n) is 4.03. The van der Waals surface area contributed by atoms with E-state index in [1.165, 1.54) is 17.0 Å². The van der Waals surface area contributed by atoms with Gasteiger partial charge >= 0.3 is 12.0 Å². The third-order valence-electron chi connectivity index (χ3n) is 5.91. The van der Waals surface area contributed by atoms with Gasteiger partial charge in [-0.05, 0) is 49.2 Å². The number of hydrogen-bond donors (Lipinski definition) is 1. The molecule has 1 N–H and O–H groups in total. The number of amides is 2.